The van der Waals surface area contributed by atoms with Gasteiger partial charge in [0.15, 0.2) is 5.96 Å². The molecule has 0 aromatic heterocycles. The number of likely N-dealkylation sites (N-methyl/N-ethyl adjacent to an activating group) is 1. The number of rotatable bonds is 10. The number of carbonyl (C=O) groups excluding carboxylic acids is 1. The van der Waals surface area contributed by atoms with Crippen LogP contribution in [0.2, 0.25) is 0 Å². The van der Waals surface area contributed by atoms with Crippen LogP contribution < -0.4 is 10.6 Å². The molecule has 2 N–H and O–H groups in total. The van der Waals surface area contributed by atoms with E-state index < -0.39 is 17.7 Å². The van der Waals surface area contributed by atoms with E-state index in [4.69, 9.17) is 0 Å². The summed E-state index contributed by atoms with van der Waals surface area (Å²) < 4.78 is 28.4. The van der Waals surface area contributed by atoms with Gasteiger partial charge < -0.3 is 20.4 Å². The van der Waals surface area contributed by atoms with Crippen molar-refractivity contribution in [3.05, 3.63) is 35.4 Å². The maximum absolute atomic E-state index is 14.2. The third kappa shape index (κ3) is 7.07. The lowest BCUT2D eigenvalue weighted by molar-refractivity contribution is -0.130. The Morgan fingerprint density at radius 1 is 1.11 bits per heavy atom. The summed E-state index contributed by atoms with van der Waals surface area (Å²) in [6.45, 7) is 8.43. The molecule has 0 radical (unpaired) electrons. The summed E-state index contributed by atoms with van der Waals surface area (Å²) >= 11 is 0. The van der Waals surface area contributed by atoms with Crippen molar-refractivity contribution >= 4 is 11.9 Å². The van der Waals surface area contributed by atoms with Crippen LogP contribution in [0.5, 0.6) is 0 Å². The normalized spacial score (nSPS) is 12.8. The first-order valence-corrected chi connectivity index (χ1v) is 9.75. The first kappa shape index (κ1) is 23.8. The fourth-order valence-corrected chi connectivity index (χ4v) is 2.88. The van der Waals surface area contributed by atoms with Crippen molar-refractivity contribution in [3.8, 4) is 0 Å². The van der Waals surface area contributed by atoms with Gasteiger partial charge in [-0.2, -0.15) is 0 Å². The number of amides is 1. The van der Waals surface area contributed by atoms with E-state index >= 15 is 0 Å². The molecule has 1 amide bonds. The SMILES string of the molecule is CCNC(=NCC(c1c(F)cccc1F)N(C)C)NCCC(=O)N(CC)CC. The summed E-state index contributed by atoms with van der Waals surface area (Å²) in [5.41, 5.74) is 0.00353. The molecule has 28 heavy (non-hydrogen) atoms. The number of aliphatic imine (C=N–C) groups is 1. The molecule has 6 nitrogen and oxygen atoms in total. The Labute approximate surface area is 167 Å². The van der Waals surface area contributed by atoms with Crippen LogP contribution >= 0.6 is 0 Å². The second kappa shape index (κ2) is 12.3. The number of hydrogen-bond acceptors (Lipinski definition) is 3. The van der Waals surface area contributed by atoms with Gasteiger partial charge in [0.25, 0.3) is 0 Å². The summed E-state index contributed by atoms with van der Waals surface area (Å²) in [5, 5.41) is 6.21. The summed E-state index contributed by atoms with van der Waals surface area (Å²) in [6, 6.07) is 3.30. The van der Waals surface area contributed by atoms with Crippen LogP contribution in [0.15, 0.2) is 23.2 Å². The second-order valence-electron chi connectivity index (χ2n) is 6.58. The number of hydrogen-bond donors (Lipinski definition) is 2. The van der Waals surface area contributed by atoms with Crippen molar-refractivity contribution in [3.63, 3.8) is 0 Å². The van der Waals surface area contributed by atoms with Crippen LogP contribution in [0, 0.1) is 11.6 Å². The Bertz CT molecular complexity index is 627. The van der Waals surface area contributed by atoms with Crippen LogP contribution in [0.4, 0.5) is 8.78 Å². The zero-order chi connectivity index (χ0) is 21.1. The van der Waals surface area contributed by atoms with Crippen LogP contribution in [0.3, 0.4) is 0 Å². The number of guanidine groups is 1. The van der Waals surface area contributed by atoms with Gasteiger partial charge in [-0.25, -0.2) is 8.78 Å². The van der Waals surface area contributed by atoms with Gasteiger partial charge in [0.05, 0.1) is 12.6 Å². The number of nitrogens with one attached hydrogen (secondary N) is 2. The van der Waals surface area contributed by atoms with E-state index in [9.17, 15) is 13.6 Å². The van der Waals surface area contributed by atoms with Crippen molar-refractivity contribution in [1.82, 2.24) is 20.4 Å². The third-order valence-electron chi connectivity index (χ3n) is 4.47. The fraction of sp³-hybridized carbons (Fsp3) is 0.600. The molecule has 1 aromatic rings. The maximum Gasteiger partial charge on any atom is 0.224 e. The standard InChI is InChI=1S/C20H33F2N5O/c1-6-23-20(24-13-12-18(28)27(7-2)8-3)25-14-17(26(4)5)19-15(21)10-9-11-16(19)22/h9-11,17H,6-8,12-14H2,1-5H3,(H2,23,24,25). The minimum Gasteiger partial charge on any atom is -0.357 e. The molecule has 1 atom stereocenters. The van der Waals surface area contributed by atoms with Crippen LogP contribution in [0.25, 0.3) is 0 Å². The topological polar surface area (TPSA) is 60.0 Å². The van der Waals surface area contributed by atoms with Crippen LogP contribution in [-0.2, 0) is 4.79 Å². The Morgan fingerprint density at radius 2 is 1.71 bits per heavy atom. The molecule has 8 heteroatoms. The smallest absolute Gasteiger partial charge is 0.224 e. The van der Waals surface area contributed by atoms with E-state index in [-0.39, 0.29) is 18.0 Å². The molecule has 0 heterocycles. The number of carbonyl (C=O) groups is 1. The molecule has 0 aliphatic rings. The van der Waals surface area contributed by atoms with Crippen molar-refractivity contribution in [1.29, 1.82) is 0 Å². The van der Waals surface area contributed by atoms with Gasteiger partial charge in [-0.05, 0) is 47.0 Å². The highest BCUT2D eigenvalue weighted by Crippen LogP contribution is 2.24. The Morgan fingerprint density at radius 3 is 2.21 bits per heavy atom. The summed E-state index contributed by atoms with van der Waals surface area (Å²) in [5.74, 6) is -0.584. The summed E-state index contributed by atoms with van der Waals surface area (Å²) in [4.78, 5) is 20.1. The third-order valence-corrected chi connectivity index (χ3v) is 4.47. The van der Waals surface area contributed by atoms with Gasteiger partial charge in [-0.15, -0.1) is 0 Å². The van der Waals surface area contributed by atoms with Crippen molar-refractivity contribution in [2.45, 2.75) is 33.2 Å². The first-order chi connectivity index (χ1) is 13.3. The van der Waals surface area contributed by atoms with Crippen LogP contribution in [0.1, 0.15) is 38.8 Å². The molecular formula is C20H33F2N5O. The quantitative estimate of drug-likeness (QED) is 0.470. The zero-order valence-electron chi connectivity index (χ0n) is 17.6. The van der Waals surface area contributed by atoms with E-state index in [1.54, 1.807) is 23.9 Å². The average Bonchev–Trinajstić information content (AvgIpc) is 2.64. The Hall–Kier alpha value is -2.22. The van der Waals surface area contributed by atoms with E-state index in [0.717, 1.165) is 0 Å². The predicted octanol–water partition coefficient (Wildman–Crippen LogP) is 2.38. The van der Waals surface area contributed by atoms with Crippen molar-refractivity contribution in [2.24, 2.45) is 4.99 Å². The highest BCUT2D eigenvalue weighted by atomic mass is 19.1. The second-order valence-corrected chi connectivity index (χ2v) is 6.58. The molecule has 0 fully saturated rings. The first-order valence-electron chi connectivity index (χ1n) is 9.75. The van der Waals surface area contributed by atoms with Crippen LogP contribution in [-0.4, -0.2) is 68.5 Å². The molecule has 0 aliphatic heterocycles. The van der Waals surface area contributed by atoms with Crippen molar-refractivity contribution in [2.75, 3.05) is 46.8 Å². The monoisotopic (exact) mass is 397 g/mol. The lowest BCUT2D eigenvalue weighted by Crippen LogP contribution is -2.40. The Balaban J connectivity index is 2.82. The largest absolute Gasteiger partial charge is 0.357 e. The maximum atomic E-state index is 14.2. The van der Waals surface area contributed by atoms with Gasteiger partial charge in [0.2, 0.25) is 5.91 Å². The predicted molar refractivity (Wildman–Crippen MR) is 109 cm³/mol. The van der Waals surface area contributed by atoms with E-state index in [0.29, 0.717) is 38.6 Å². The zero-order valence-corrected chi connectivity index (χ0v) is 17.6. The Kier molecular flexibility index (Phi) is 10.4. The number of benzene rings is 1. The lowest BCUT2D eigenvalue weighted by atomic mass is 10.0. The molecule has 0 saturated carbocycles. The van der Waals surface area contributed by atoms with Gasteiger partial charge in [0, 0.05) is 38.2 Å². The van der Waals surface area contributed by atoms with E-state index in [1.165, 1.54) is 18.2 Å². The van der Waals surface area contributed by atoms with Crippen molar-refractivity contribution < 1.29 is 13.6 Å². The molecule has 1 aromatic carbocycles. The molecule has 0 saturated heterocycles. The minimum atomic E-state index is -0.586. The number of nitrogens with zero attached hydrogens (tertiary/aromatic N) is 3. The molecule has 158 valence electrons. The molecule has 1 rings (SSSR count). The molecule has 0 bridgehead atoms. The number of halogens is 2. The highest BCUT2D eigenvalue weighted by Gasteiger charge is 2.22. The molecule has 0 spiro atoms. The molecule has 1 unspecified atom stereocenters. The minimum absolute atomic E-state index is 0.00353. The highest BCUT2D eigenvalue weighted by molar-refractivity contribution is 5.81. The van der Waals surface area contributed by atoms with Gasteiger partial charge in [-0.3, -0.25) is 9.79 Å². The average molecular weight is 398 g/mol. The van der Waals surface area contributed by atoms with Gasteiger partial charge in [-0.1, -0.05) is 6.07 Å². The van der Waals surface area contributed by atoms with E-state index in [2.05, 4.69) is 15.6 Å². The summed E-state index contributed by atoms with van der Waals surface area (Å²) in [7, 11) is 3.52. The fourth-order valence-electron chi connectivity index (χ4n) is 2.88. The summed E-state index contributed by atoms with van der Waals surface area (Å²) in [6.07, 6.45) is 0.352. The van der Waals surface area contributed by atoms with Gasteiger partial charge in [0.1, 0.15) is 11.6 Å². The van der Waals surface area contributed by atoms with Gasteiger partial charge >= 0.3 is 0 Å². The lowest BCUT2D eigenvalue weighted by Gasteiger charge is -2.24. The molecular weight excluding hydrogens is 364 g/mol. The van der Waals surface area contributed by atoms with E-state index in [1.807, 2.05) is 20.8 Å². The molecule has 0 aliphatic carbocycles.